The molecule has 0 bridgehead atoms. The van der Waals surface area contributed by atoms with Crippen LogP contribution in [0.25, 0.3) is 10.9 Å². The summed E-state index contributed by atoms with van der Waals surface area (Å²) >= 11 is 0. The van der Waals surface area contributed by atoms with Gasteiger partial charge in [-0.2, -0.15) is 0 Å². The Bertz CT molecular complexity index is 539. The third-order valence-electron chi connectivity index (χ3n) is 3.35. The molecular formula is C16H21N3. The van der Waals surface area contributed by atoms with Gasteiger partial charge in [0.05, 0.1) is 12.1 Å². The van der Waals surface area contributed by atoms with Gasteiger partial charge >= 0.3 is 0 Å². The molecule has 0 aliphatic carbocycles. The molecule has 19 heavy (non-hydrogen) atoms. The Morgan fingerprint density at radius 3 is 2.74 bits per heavy atom. The summed E-state index contributed by atoms with van der Waals surface area (Å²) in [5.74, 6) is 0. The SMILES string of the molecule is CCN(CC)CCN=Cc1ccnc2ccccc12. The van der Waals surface area contributed by atoms with Crippen LogP contribution >= 0.6 is 0 Å². The van der Waals surface area contributed by atoms with Crippen molar-refractivity contribution in [2.45, 2.75) is 13.8 Å². The molecule has 2 rings (SSSR count). The number of hydrogen-bond donors (Lipinski definition) is 0. The van der Waals surface area contributed by atoms with Crippen molar-refractivity contribution in [2.24, 2.45) is 4.99 Å². The van der Waals surface area contributed by atoms with E-state index in [4.69, 9.17) is 0 Å². The fraction of sp³-hybridized carbons (Fsp3) is 0.375. The molecular weight excluding hydrogens is 234 g/mol. The number of para-hydroxylation sites is 1. The van der Waals surface area contributed by atoms with Crippen molar-refractivity contribution < 1.29 is 0 Å². The van der Waals surface area contributed by atoms with Crippen molar-refractivity contribution in [1.29, 1.82) is 0 Å². The van der Waals surface area contributed by atoms with Crippen LogP contribution in [0.1, 0.15) is 19.4 Å². The zero-order valence-corrected chi connectivity index (χ0v) is 11.7. The molecule has 3 nitrogen and oxygen atoms in total. The van der Waals surface area contributed by atoms with Gasteiger partial charge in [-0.25, -0.2) is 0 Å². The third-order valence-corrected chi connectivity index (χ3v) is 3.35. The molecule has 0 unspecified atom stereocenters. The number of likely N-dealkylation sites (N-methyl/N-ethyl adjacent to an activating group) is 1. The predicted octanol–water partition coefficient (Wildman–Crippen LogP) is 3.00. The summed E-state index contributed by atoms with van der Waals surface area (Å²) in [7, 11) is 0. The maximum absolute atomic E-state index is 4.53. The van der Waals surface area contributed by atoms with E-state index in [1.807, 2.05) is 36.7 Å². The first kappa shape index (κ1) is 13.7. The van der Waals surface area contributed by atoms with E-state index in [1.165, 1.54) is 0 Å². The van der Waals surface area contributed by atoms with E-state index in [0.717, 1.165) is 42.6 Å². The molecule has 100 valence electrons. The Hall–Kier alpha value is -1.74. The monoisotopic (exact) mass is 255 g/mol. The number of benzene rings is 1. The zero-order chi connectivity index (χ0) is 13.5. The van der Waals surface area contributed by atoms with E-state index in [-0.39, 0.29) is 0 Å². The molecule has 2 aromatic rings. The maximum atomic E-state index is 4.53. The molecule has 0 amide bonds. The predicted molar refractivity (Wildman–Crippen MR) is 82.0 cm³/mol. The molecule has 1 aromatic heterocycles. The third kappa shape index (κ3) is 3.61. The van der Waals surface area contributed by atoms with Crippen LogP contribution in [-0.4, -0.2) is 42.3 Å². The first-order chi connectivity index (χ1) is 9.35. The van der Waals surface area contributed by atoms with Gasteiger partial charge in [0.1, 0.15) is 0 Å². The van der Waals surface area contributed by atoms with E-state index >= 15 is 0 Å². The highest BCUT2D eigenvalue weighted by Crippen LogP contribution is 2.14. The van der Waals surface area contributed by atoms with Gasteiger partial charge in [0, 0.05) is 29.9 Å². The van der Waals surface area contributed by atoms with E-state index < -0.39 is 0 Å². The highest BCUT2D eigenvalue weighted by atomic mass is 15.1. The van der Waals surface area contributed by atoms with Crippen LogP contribution in [0, 0.1) is 0 Å². The lowest BCUT2D eigenvalue weighted by Crippen LogP contribution is -2.25. The van der Waals surface area contributed by atoms with Gasteiger partial charge in [0.25, 0.3) is 0 Å². The summed E-state index contributed by atoms with van der Waals surface area (Å²) in [4.78, 5) is 11.3. The van der Waals surface area contributed by atoms with Gasteiger partial charge in [0.2, 0.25) is 0 Å². The number of rotatable bonds is 6. The van der Waals surface area contributed by atoms with Crippen molar-refractivity contribution in [3.63, 3.8) is 0 Å². The van der Waals surface area contributed by atoms with E-state index in [0.29, 0.717) is 0 Å². The number of hydrogen-bond acceptors (Lipinski definition) is 3. The summed E-state index contributed by atoms with van der Waals surface area (Å²) < 4.78 is 0. The minimum atomic E-state index is 0.846. The fourth-order valence-corrected chi connectivity index (χ4v) is 2.13. The highest BCUT2D eigenvalue weighted by Gasteiger charge is 1.99. The van der Waals surface area contributed by atoms with Crippen LogP contribution in [0.3, 0.4) is 0 Å². The fourth-order valence-electron chi connectivity index (χ4n) is 2.13. The Kier molecular flexibility index (Phi) is 5.04. The molecule has 0 fully saturated rings. The second-order valence-corrected chi connectivity index (χ2v) is 4.48. The molecule has 0 N–H and O–H groups in total. The normalized spacial score (nSPS) is 11.7. The lowest BCUT2D eigenvalue weighted by molar-refractivity contribution is 0.313. The first-order valence-corrected chi connectivity index (χ1v) is 6.91. The van der Waals surface area contributed by atoms with Crippen molar-refractivity contribution >= 4 is 17.1 Å². The number of aromatic nitrogens is 1. The molecule has 1 aromatic carbocycles. The largest absolute Gasteiger partial charge is 0.302 e. The van der Waals surface area contributed by atoms with Gasteiger partial charge in [-0.3, -0.25) is 9.98 Å². The lowest BCUT2D eigenvalue weighted by Gasteiger charge is -2.15. The summed E-state index contributed by atoms with van der Waals surface area (Å²) in [6, 6.07) is 10.2. The van der Waals surface area contributed by atoms with Gasteiger partial charge in [-0.15, -0.1) is 0 Å². The second kappa shape index (κ2) is 7.00. The zero-order valence-electron chi connectivity index (χ0n) is 11.7. The Labute approximate surface area is 115 Å². The number of pyridine rings is 1. The van der Waals surface area contributed by atoms with Crippen molar-refractivity contribution in [3.8, 4) is 0 Å². The van der Waals surface area contributed by atoms with Crippen LogP contribution in [0.2, 0.25) is 0 Å². The molecule has 0 saturated carbocycles. The molecule has 0 atom stereocenters. The number of fused-ring (bicyclic) bond motifs is 1. The van der Waals surface area contributed by atoms with Crippen molar-refractivity contribution in [1.82, 2.24) is 9.88 Å². The Balaban J connectivity index is 2.05. The van der Waals surface area contributed by atoms with E-state index in [2.05, 4.69) is 34.8 Å². The number of aliphatic imine (C=N–C) groups is 1. The molecule has 0 spiro atoms. The Morgan fingerprint density at radius 1 is 1.16 bits per heavy atom. The molecule has 0 saturated heterocycles. The smallest absolute Gasteiger partial charge is 0.0708 e. The van der Waals surface area contributed by atoms with Gasteiger partial charge in [0.15, 0.2) is 0 Å². The summed E-state index contributed by atoms with van der Waals surface area (Å²) in [6.07, 6.45) is 3.81. The van der Waals surface area contributed by atoms with Crippen LogP contribution in [0.5, 0.6) is 0 Å². The molecule has 1 heterocycles. The van der Waals surface area contributed by atoms with Crippen molar-refractivity contribution in [3.05, 3.63) is 42.1 Å². The van der Waals surface area contributed by atoms with Gasteiger partial charge in [-0.05, 0) is 25.2 Å². The molecule has 0 aliphatic heterocycles. The quantitative estimate of drug-likeness (QED) is 0.742. The summed E-state index contributed by atoms with van der Waals surface area (Å²) in [5, 5.41) is 1.16. The molecule has 0 radical (unpaired) electrons. The average molecular weight is 255 g/mol. The molecule has 0 aliphatic rings. The van der Waals surface area contributed by atoms with Crippen LogP contribution in [0.4, 0.5) is 0 Å². The maximum Gasteiger partial charge on any atom is 0.0708 e. The van der Waals surface area contributed by atoms with Gasteiger partial charge < -0.3 is 4.90 Å². The summed E-state index contributed by atoms with van der Waals surface area (Å²) in [6.45, 7) is 8.41. The van der Waals surface area contributed by atoms with E-state index in [9.17, 15) is 0 Å². The second-order valence-electron chi connectivity index (χ2n) is 4.48. The van der Waals surface area contributed by atoms with Crippen LogP contribution in [0.15, 0.2) is 41.5 Å². The minimum Gasteiger partial charge on any atom is -0.302 e. The lowest BCUT2D eigenvalue weighted by atomic mass is 10.1. The standard InChI is InChI=1S/C16H21N3/c1-3-19(4-2)12-11-17-13-14-9-10-18-16-8-6-5-7-15(14)16/h5-10,13H,3-4,11-12H2,1-2H3. The van der Waals surface area contributed by atoms with Crippen LogP contribution in [-0.2, 0) is 0 Å². The Morgan fingerprint density at radius 2 is 1.95 bits per heavy atom. The average Bonchev–Trinajstić information content (AvgIpc) is 2.47. The van der Waals surface area contributed by atoms with Crippen molar-refractivity contribution in [2.75, 3.05) is 26.2 Å². The summed E-state index contributed by atoms with van der Waals surface area (Å²) in [5.41, 5.74) is 2.17. The topological polar surface area (TPSA) is 28.5 Å². The first-order valence-electron chi connectivity index (χ1n) is 6.91. The molecule has 3 heteroatoms. The minimum absolute atomic E-state index is 0.846. The van der Waals surface area contributed by atoms with Crippen LogP contribution < -0.4 is 0 Å². The van der Waals surface area contributed by atoms with E-state index in [1.54, 1.807) is 0 Å². The van der Waals surface area contributed by atoms with Gasteiger partial charge in [-0.1, -0.05) is 32.0 Å². The number of nitrogens with zero attached hydrogens (tertiary/aromatic N) is 3. The highest BCUT2D eigenvalue weighted by molar-refractivity contribution is 5.97.